The number of para-hydroxylation sites is 1. The molecule has 1 heterocycles. The van der Waals surface area contributed by atoms with E-state index in [2.05, 4.69) is 5.32 Å². The zero-order valence-electron chi connectivity index (χ0n) is 17.5. The number of Topliss-reactive ketones (excluding diaryl/α,β-unsaturated/α-hetero) is 1. The minimum Gasteiger partial charge on any atom is -0.351 e. The molecule has 0 bridgehead atoms. The third-order valence-corrected chi connectivity index (χ3v) is 5.83. The van der Waals surface area contributed by atoms with E-state index in [1.807, 2.05) is 89.7 Å². The summed E-state index contributed by atoms with van der Waals surface area (Å²) in [7, 11) is 0. The molecule has 0 aliphatic carbocycles. The van der Waals surface area contributed by atoms with Gasteiger partial charge in [0.25, 0.3) is 0 Å². The van der Waals surface area contributed by atoms with E-state index >= 15 is 0 Å². The van der Waals surface area contributed by atoms with Crippen molar-refractivity contribution in [2.75, 3.05) is 11.5 Å². The lowest BCUT2D eigenvalue weighted by Crippen LogP contribution is -2.25. The highest BCUT2D eigenvalue weighted by atomic mass is 32.2. The zero-order valence-corrected chi connectivity index (χ0v) is 18.3. The molecule has 1 amide bonds. The van der Waals surface area contributed by atoms with E-state index in [0.29, 0.717) is 12.1 Å². The van der Waals surface area contributed by atoms with E-state index in [1.54, 1.807) is 12.1 Å². The summed E-state index contributed by atoms with van der Waals surface area (Å²) < 4.78 is 1.83. The van der Waals surface area contributed by atoms with Crippen LogP contribution in [0.4, 0.5) is 0 Å². The van der Waals surface area contributed by atoms with E-state index in [1.165, 1.54) is 11.8 Å². The number of amides is 1. The number of rotatable bonds is 9. The fraction of sp³-hybridized carbons (Fsp3) is 0.115. The van der Waals surface area contributed by atoms with Crippen LogP contribution in [0.1, 0.15) is 15.9 Å². The minimum atomic E-state index is -0.109. The van der Waals surface area contributed by atoms with E-state index < -0.39 is 0 Å². The maximum Gasteiger partial charge on any atom is 0.230 e. The van der Waals surface area contributed by atoms with Crippen LogP contribution in [0.3, 0.4) is 0 Å². The molecule has 1 N–H and O–H groups in total. The number of aromatic nitrogens is 2. The highest BCUT2D eigenvalue weighted by Gasteiger charge is 2.14. The molecule has 0 fully saturated rings. The number of carbonyl (C=O) groups excluding carboxylic acids is 2. The van der Waals surface area contributed by atoms with Gasteiger partial charge in [0.05, 0.1) is 22.9 Å². The predicted octanol–water partition coefficient (Wildman–Crippen LogP) is 4.77. The number of ketones is 1. The van der Waals surface area contributed by atoms with Crippen LogP contribution < -0.4 is 5.32 Å². The maximum absolute atomic E-state index is 12.4. The van der Waals surface area contributed by atoms with Crippen molar-refractivity contribution in [3.8, 4) is 16.9 Å². The molecule has 5 nitrogen and oxygen atoms in total. The second-order valence-corrected chi connectivity index (χ2v) is 8.19. The summed E-state index contributed by atoms with van der Waals surface area (Å²) in [5, 5.41) is 7.73. The van der Waals surface area contributed by atoms with Gasteiger partial charge in [-0.2, -0.15) is 5.10 Å². The first kappa shape index (κ1) is 21.6. The van der Waals surface area contributed by atoms with Gasteiger partial charge >= 0.3 is 0 Å². The van der Waals surface area contributed by atoms with Crippen LogP contribution in [0.2, 0.25) is 0 Å². The van der Waals surface area contributed by atoms with Crippen molar-refractivity contribution < 1.29 is 9.59 Å². The fourth-order valence-corrected chi connectivity index (χ4v) is 4.02. The Labute approximate surface area is 191 Å². The predicted molar refractivity (Wildman–Crippen MR) is 129 cm³/mol. The summed E-state index contributed by atoms with van der Waals surface area (Å²) in [5.74, 6) is 0.422. The first-order valence-corrected chi connectivity index (χ1v) is 11.5. The molecule has 0 spiro atoms. The van der Waals surface area contributed by atoms with Gasteiger partial charge in [-0.1, -0.05) is 78.9 Å². The van der Waals surface area contributed by atoms with E-state index in [4.69, 9.17) is 5.10 Å². The number of nitrogens with zero attached hydrogens (tertiary/aromatic N) is 2. The number of thioether (sulfide) groups is 1. The van der Waals surface area contributed by atoms with Gasteiger partial charge < -0.3 is 5.32 Å². The molecule has 0 aliphatic rings. The first-order chi connectivity index (χ1) is 15.7. The third kappa shape index (κ3) is 5.53. The maximum atomic E-state index is 12.4. The molecule has 1 aromatic heterocycles. The van der Waals surface area contributed by atoms with Crippen LogP contribution in [0.25, 0.3) is 16.9 Å². The smallest absolute Gasteiger partial charge is 0.230 e. The quantitative estimate of drug-likeness (QED) is 0.380. The van der Waals surface area contributed by atoms with Crippen LogP contribution in [-0.2, 0) is 11.3 Å². The van der Waals surface area contributed by atoms with Crippen LogP contribution in [0.15, 0.2) is 97.2 Å². The molecule has 0 atom stereocenters. The summed E-state index contributed by atoms with van der Waals surface area (Å²) in [6.45, 7) is 0.364. The molecule has 160 valence electrons. The van der Waals surface area contributed by atoms with Crippen LogP contribution >= 0.6 is 11.8 Å². The van der Waals surface area contributed by atoms with Crippen LogP contribution in [0.5, 0.6) is 0 Å². The molecule has 32 heavy (non-hydrogen) atoms. The molecule has 4 rings (SSSR count). The molecule has 0 saturated heterocycles. The molecule has 3 aromatic carbocycles. The van der Waals surface area contributed by atoms with Crippen molar-refractivity contribution >= 4 is 23.5 Å². The van der Waals surface area contributed by atoms with E-state index in [0.717, 1.165) is 22.5 Å². The Morgan fingerprint density at radius 2 is 1.44 bits per heavy atom. The largest absolute Gasteiger partial charge is 0.351 e. The van der Waals surface area contributed by atoms with Gasteiger partial charge in [0.15, 0.2) is 5.78 Å². The Balaban J connectivity index is 1.39. The van der Waals surface area contributed by atoms with Gasteiger partial charge in [0.1, 0.15) is 0 Å². The van der Waals surface area contributed by atoms with Crippen molar-refractivity contribution in [2.24, 2.45) is 0 Å². The molecule has 0 radical (unpaired) electrons. The van der Waals surface area contributed by atoms with Gasteiger partial charge in [-0.3, -0.25) is 9.59 Å². The van der Waals surface area contributed by atoms with Crippen LogP contribution in [0, 0.1) is 0 Å². The number of hydrogen-bond acceptors (Lipinski definition) is 4. The standard InChI is InChI=1S/C26H23N3O2S/c30-24(20-10-4-1-5-11-20)18-32-19-25(31)27-16-22-17-29(23-14-8-3-9-15-23)28-26(22)21-12-6-2-7-13-21/h1-15,17H,16,18-19H2,(H,27,31). The number of hydrogen-bond donors (Lipinski definition) is 1. The summed E-state index contributed by atoms with van der Waals surface area (Å²) in [6.07, 6.45) is 1.95. The van der Waals surface area contributed by atoms with E-state index in [9.17, 15) is 9.59 Å². The summed E-state index contributed by atoms with van der Waals surface area (Å²) in [4.78, 5) is 24.6. The normalized spacial score (nSPS) is 10.6. The van der Waals surface area contributed by atoms with Gasteiger partial charge in [-0.05, 0) is 12.1 Å². The van der Waals surface area contributed by atoms with Crippen LogP contribution in [-0.4, -0.2) is 33.0 Å². The zero-order chi connectivity index (χ0) is 22.2. The molecule has 0 unspecified atom stereocenters. The topological polar surface area (TPSA) is 64.0 Å². The van der Waals surface area contributed by atoms with E-state index in [-0.39, 0.29) is 23.2 Å². The number of nitrogens with one attached hydrogen (secondary N) is 1. The van der Waals surface area contributed by atoms with Crippen molar-refractivity contribution in [2.45, 2.75) is 6.54 Å². The second kappa shape index (κ2) is 10.6. The number of carbonyl (C=O) groups is 2. The third-order valence-electron chi connectivity index (χ3n) is 4.90. The summed E-state index contributed by atoms with van der Waals surface area (Å²) >= 11 is 1.32. The fourth-order valence-electron chi connectivity index (χ4n) is 3.28. The summed E-state index contributed by atoms with van der Waals surface area (Å²) in [6, 6.07) is 28.9. The number of benzene rings is 3. The Hall–Kier alpha value is -3.64. The molecular formula is C26H23N3O2S. The van der Waals surface area contributed by atoms with Gasteiger partial charge in [-0.15, -0.1) is 11.8 Å². The lowest BCUT2D eigenvalue weighted by atomic mass is 10.1. The highest BCUT2D eigenvalue weighted by molar-refractivity contribution is 8.00. The molecule has 0 aliphatic heterocycles. The van der Waals surface area contributed by atoms with Crippen molar-refractivity contribution in [1.82, 2.24) is 15.1 Å². The Morgan fingerprint density at radius 3 is 2.12 bits per heavy atom. The Bertz CT molecular complexity index is 1180. The Morgan fingerprint density at radius 1 is 0.812 bits per heavy atom. The van der Waals surface area contributed by atoms with Gasteiger partial charge in [0.2, 0.25) is 5.91 Å². The average Bonchev–Trinajstić information content (AvgIpc) is 3.29. The Kier molecular flexibility index (Phi) is 7.15. The molecule has 6 heteroatoms. The first-order valence-electron chi connectivity index (χ1n) is 10.3. The second-order valence-electron chi connectivity index (χ2n) is 7.21. The van der Waals surface area contributed by atoms with Gasteiger partial charge in [0, 0.05) is 29.4 Å². The minimum absolute atomic E-state index is 0.0268. The summed E-state index contributed by atoms with van der Waals surface area (Å²) in [5.41, 5.74) is 4.38. The monoisotopic (exact) mass is 441 g/mol. The average molecular weight is 442 g/mol. The van der Waals surface area contributed by atoms with Crippen molar-refractivity contribution in [1.29, 1.82) is 0 Å². The SMILES string of the molecule is O=C(CSCC(=O)c1ccccc1)NCc1cn(-c2ccccc2)nc1-c1ccccc1. The molecular weight excluding hydrogens is 418 g/mol. The lowest BCUT2D eigenvalue weighted by Gasteiger charge is -2.06. The highest BCUT2D eigenvalue weighted by Crippen LogP contribution is 2.23. The lowest BCUT2D eigenvalue weighted by molar-refractivity contribution is -0.118. The molecule has 4 aromatic rings. The van der Waals surface area contributed by atoms with Crippen molar-refractivity contribution in [3.63, 3.8) is 0 Å². The van der Waals surface area contributed by atoms with Crippen molar-refractivity contribution in [3.05, 3.63) is 108 Å². The molecule has 0 saturated carbocycles. The van der Waals surface area contributed by atoms with Gasteiger partial charge in [-0.25, -0.2) is 4.68 Å².